The second kappa shape index (κ2) is 7.56. The fraction of sp³-hybridized carbons (Fsp3) is 0.600. The van der Waals surface area contributed by atoms with Gasteiger partial charge in [0.05, 0.1) is 11.4 Å². The van der Waals surface area contributed by atoms with Gasteiger partial charge in [-0.2, -0.15) is 0 Å². The number of hydrogen-bond acceptors (Lipinski definition) is 4. The van der Waals surface area contributed by atoms with E-state index >= 15 is 0 Å². The molecule has 2 rings (SSSR count). The zero-order valence-corrected chi connectivity index (χ0v) is 13.5. The molecule has 0 spiro atoms. The second-order valence-corrected chi connectivity index (χ2v) is 6.82. The second-order valence-electron chi connectivity index (χ2n) is 5.66. The lowest BCUT2D eigenvalue weighted by Gasteiger charge is -2.29. The van der Waals surface area contributed by atoms with Crippen LogP contribution >= 0.6 is 11.3 Å². The summed E-state index contributed by atoms with van der Waals surface area (Å²) >= 11 is 1.43. The Bertz CT molecular complexity index is 501. The predicted molar refractivity (Wildman–Crippen MR) is 84.4 cm³/mol. The van der Waals surface area contributed by atoms with Crippen molar-refractivity contribution in [1.82, 2.24) is 15.5 Å². The van der Waals surface area contributed by atoms with E-state index in [1.807, 2.05) is 12.1 Å². The summed E-state index contributed by atoms with van der Waals surface area (Å²) in [6.07, 6.45) is 2.39. The molecule has 0 bridgehead atoms. The Kier molecular flexibility index (Phi) is 5.76. The fourth-order valence-corrected chi connectivity index (χ4v) is 3.43. The zero-order chi connectivity index (χ0) is 15.2. The van der Waals surface area contributed by atoms with E-state index in [-0.39, 0.29) is 11.8 Å². The topological polar surface area (TPSA) is 61.4 Å². The SMILES string of the molecule is CC(=O)NCc1ccc(C(=O)NCC2CCCN(C)C2)s1. The molecule has 1 aromatic heterocycles. The smallest absolute Gasteiger partial charge is 0.261 e. The van der Waals surface area contributed by atoms with Crippen LogP contribution < -0.4 is 10.6 Å². The maximum Gasteiger partial charge on any atom is 0.261 e. The third-order valence-electron chi connectivity index (χ3n) is 3.67. The largest absolute Gasteiger partial charge is 0.351 e. The molecule has 0 saturated carbocycles. The first-order valence-corrected chi connectivity index (χ1v) is 8.16. The summed E-state index contributed by atoms with van der Waals surface area (Å²) in [5, 5.41) is 5.76. The van der Waals surface area contributed by atoms with Crippen molar-refractivity contribution in [2.45, 2.75) is 26.3 Å². The Hall–Kier alpha value is -1.40. The Labute approximate surface area is 129 Å². The Morgan fingerprint density at radius 1 is 1.38 bits per heavy atom. The lowest BCUT2D eigenvalue weighted by Crippen LogP contribution is -2.38. The number of thiophene rings is 1. The fourth-order valence-electron chi connectivity index (χ4n) is 2.57. The van der Waals surface area contributed by atoms with Crippen LogP contribution in [0, 0.1) is 5.92 Å². The van der Waals surface area contributed by atoms with Gasteiger partial charge in [-0.05, 0) is 44.5 Å². The van der Waals surface area contributed by atoms with Crippen molar-refractivity contribution >= 4 is 23.2 Å². The average molecular weight is 309 g/mol. The van der Waals surface area contributed by atoms with Gasteiger partial charge in [-0.3, -0.25) is 9.59 Å². The number of carbonyl (C=O) groups excluding carboxylic acids is 2. The monoisotopic (exact) mass is 309 g/mol. The first-order valence-electron chi connectivity index (χ1n) is 7.34. The van der Waals surface area contributed by atoms with E-state index in [0.717, 1.165) is 24.5 Å². The van der Waals surface area contributed by atoms with Crippen molar-refractivity contribution in [2.24, 2.45) is 5.92 Å². The maximum atomic E-state index is 12.1. The van der Waals surface area contributed by atoms with Gasteiger partial charge in [-0.25, -0.2) is 0 Å². The number of nitrogens with zero attached hydrogens (tertiary/aromatic N) is 1. The van der Waals surface area contributed by atoms with Gasteiger partial charge in [0.25, 0.3) is 5.91 Å². The molecule has 1 aliphatic rings. The molecule has 21 heavy (non-hydrogen) atoms. The maximum absolute atomic E-state index is 12.1. The number of carbonyl (C=O) groups is 2. The molecule has 0 aliphatic carbocycles. The van der Waals surface area contributed by atoms with Gasteiger partial charge in [0.15, 0.2) is 0 Å². The highest BCUT2D eigenvalue weighted by molar-refractivity contribution is 7.14. The van der Waals surface area contributed by atoms with Crippen molar-refractivity contribution in [2.75, 3.05) is 26.7 Å². The van der Waals surface area contributed by atoms with Gasteiger partial charge >= 0.3 is 0 Å². The van der Waals surface area contributed by atoms with Gasteiger partial charge in [0, 0.05) is 24.9 Å². The van der Waals surface area contributed by atoms with Crippen LogP contribution in [0.5, 0.6) is 0 Å². The molecule has 1 fully saturated rings. The number of hydrogen-bond donors (Lipinski definition) is 2. The molecule has 0 aromatic carbocycles. The lowest BCUT2D eigenvalue weighted by atomic mass is 9.98. The molecule has 1 saturated heterocycles. The Morgan fingerprint density at radius 2 is 2.19 bits per heavy atom. The molecule has 1 aromatic rings. The van der Waals surface area contributed by atoms with Crippen LogP contribution in [0.3, 0.4) is 0 Å². The van der Waals surface area contributed by atoms with E-state index in [0.29, 0.717) is 17.3 Å². The summed E-state index contributed by atoms with van der Waals surface area (Å²) in [4.78, 5) is 27.0. The van der Waals surface area contributed by atoms with Crippen molar-refractivity contribution in [1.29, 1.82) is 0 Å². The highest BCUT2D eigenvalue weighted by Crippen LogP contribution is 2.17. The first kappa shape index (κ1) is 16.0. The highest BCUT2D eigenvalue weighted by Gasteiger charge is 2.18. The Balaban J connectivity index is 1.79. The van der Waals surface area contributed by atoms with Crippen molar-refractivity contribution < 1.29 is 9.59 Å². The molecule has 1 aliphatic heterocycles. The number of amides is 2. The summed E-state index contributed by atoms with van der Waals surface area (Å²) in [5.41, 5.74) is 0. The molecule has 1 unspecified atom stereocenters. The summed E-state index contributed by atoms with van der Waals surface area (Å²) < 4.78 is 0. The average Bonchev–Trinajstić information content (AvgIpc) is 2.91. The summed E-state index contributed by atoms with van der Waals surface area (Å²) in [7, 11) is 2.13. The van der Waals surface area contributed by atoms with E-state index in [9.17, 15) is 9.59 Å². The van der Waals surface area contributed by atoms with Crippen LogP contribution in [-0.4, -0.2) is 43.4 Å². The third-order valence-corrected chi connectivity index (χ3v) is 4.75. The van der Waals surface area contributed by atoms with Crippen molar-refractivity contribution in [3.63, 3.8) is 0 Å². The quantitative estimate of drug-likeness (QED) is 0.865. The minimum Gasteiger partial charge on any atom is -0.351 e. The molecule has 6 heteroatoms. The molecule has 116 valence electrons. The molecule has 5 nitrogen and oxygen atoms in total. The van der Waals surface area contributed by atoms with Gasteiger partial charge in [0.2, 0.25) is 5.91 Å². The van der Waals surface area contributed by atoms with E-state index in [2.05, 4.69) is 22.6 Å². The molecular weight excluding hydrogens is 286 g/mol. The Morgan fingerprint density at radius 3 is 2.90 bits per heavy atom. The van der Waals surface area contributed by atoms with Gasteiger partial charge < -0.3 is 15.5 Å². The van der Waals surface area contributed by atoms with Crippen molar-refractivity contribution in [3.8, 4) is 0 Å². The van der Waals surface area contributed by atoms with Crippen LogP contribution in [-0.2, 0) is 11.3 Å². The van der Waals surface area contributed by atoms with Crippen LogP contribution in [0.1, 0.15) is 34.3 Å². The third kappa shape index (κ3) is 5.13. The van der Waals surface area contributed by atoms with Gasteiger partial charge in [-0.15, -0.1) is 11.3 Å². The van der Waals surface area contributed by atoms with Crippen LogP contribution in [0.2, 0.25) is 0 Å². The lowest BCUT2D eigenvalue weighted by molar-refractivity contribution is -0.119. The predicted octanol–water partition coefficient (Wildman–Crippen LogP) is 1.46. The standard InChI is InChI=1S/C15H23N3O2S/c1-11(19)16-9-13-5-6-14(21-13)15(20)17-8-12-4-3-7-18(2)10-12/h5-6,12H,3-4,7-10H2,1-2H3,(H,16,19)(H,17,20). The van der Waals surface area contributed by atoms with Crippen LogP contribution in [0.4, 0.5) is 0 Å². The molecule has 2 N–H and O–H groups in total. The first-order chi connectivity index (χ1) is 10.0. The van der Waals surface area contributed by atoms with Crippen LogP contribution in [0.15, 0.2) is 12.1 Å². The van der Waals surface area contributed by atoms with E-state index < -0.39 is 0 Å². The number of nitrogens with one attached hydrogen (secondary N) is 2. The molecule has 0 radical (unpaired) electrons. The van der Waals surface area contributed by atoms with Gasteiger partial charge in [-0.1, -0.05) is 0 Å². The number of likely N-dealkylation sites (tertiary alicyclic amines) is 1. The summed E-state index contributed by atoms with van der Waals surface area (Å²) in [6, 6.07) is 3.72. The van der Waals surface area contributed by atoms with Gasteiger partial charge in [0.1, 0.15) is 0 Å². The molecule has 2 heterocycles. The molecule has 2 amide bonds. The number of piperidine rings is 1. The highest BCUT2D eigenvalue weighted by atomic mass is 32.1. The molecule has 1 atom stereocenters. The van der Waals surface area contributed by atoms with E-state index in [4.69, 9.17) is 0 Å². The minimum atomic E-state index is -0.0594. The van der Waals surface area contributed by atoms with Crippen LogP contribution in [0.25, 0.3) is 0 Å². The minimum absolute atomic E-state index is 0.0118. The van der Waals surface area contributed by atoms with Crippen molar-refractivity contribution in [3.05, 3.63) is 21.9 Å². The normalized spacial score (nSPS) is 19.2. The summed E-state index contributed by atoms with van der Waals surface area (Å²) in [6.45, 7) is 4.92. The summed E-state index contributed by atoms with van der Waals surface area (Å²) in [5.74, 6) is 0.477. The number of rotatable bonds is 5. The zero-order valence-electron chi connectivity index (χ0n) is 12.6. The molecular formula is C15H23N3O2S. The van der Waals surface area contributed by atoms with E-state index in [1.165, 1.54) is 31.1 Å². The van der Waals surface area contributed by atoms with E-state index in [1.54, 1.807) is 0 Å².